The summed E-state index contributed by atoms with van der Waals surface area (Å²) >= 11 is 0. The highest BCUT2D eigenvalue weighted by molar-refractivity contribution is 5.39. The second-order valence-electron chi connectivity index (χ2n) is 4.31. The van der Waals surface area contributed by atoms with E-state index in [1.54, 1.807) is 23.1 Å². The lowest BCUT2D eigenvalue weighted by atomic mass is 10.2. The van der Waals surface area contributed by atoms with Crippen LogP contribution in [0, 0.1) is 0 Å². The Balaban J connectivity index is 2.29. The molecule has 0 amide bonds. The Morgan fingerprint density at radius 1 is 1.33 bits per heavy atom. The summed E-state index contributed by atoms with van der Waals surface area (Å²) in [5, 5.41) is 7.05. The number of anilines is 1. The van der Waals surface area contributed by atoms with Crippen LogP contribution in [0.1, 0.15) is 25.6 Å². The van der Waals surface area contributed by atoms with Crippen LogP contribution < -0.4 is 10.1 Å². The molecule has 0 saturated heterocycles. The molecule has 2 rings (SSSR count). The van der Waals surface area contributed by atoms with Gasteiger partial charge in [0.05, 0.1) is 12.4 Å². The Hall–Kier alpha value is -2.11. The first kappa shape index (κ1) is 12.3. The maximum Gasteiger partial charge on any atom is 0.224 e. The van der Waals surface area contributed by atoms with Crippen molar-refractivity contribution in [3.8, 4) is 11.6 Å². The van der Waals surface area contributed by atoms with Crippen LogP contribution in [-0.2, 0) is 7.05 Å². The summed E-state index contributed by atoms with van der Waals surface area (Å²) in [7, 11) is 3.66. The van der Waals surface area contributed by atoms with E-state index in [9.17, 15) is 0 Å². The molecule has 0 fully saturated rings. The summed E-state index contributed by atoms with van der Waals surface area (Å²) in [4.78, 5) is 8.75. The lowest BCUT2D eigenvalue weighted by Crippen LogP contribution is -2.03. The van der Waals surface area contributed by atoms with Crippen LogP contribution in [0.2, 0.25) is 0 Å². The van der Waals surface area contributed by atoms with E-state index < -0.39 is 0 Å². The van der Waals surface area contributed by atoms with Gasteiger partial charge >= 0.3 is 0 Å². The first-order valence-corrected chi connectivity index (χ1v) is 5.81. The summed E-state index contributed by atoms with van der Waals surface area (Å²) in [6, 6.07) is 1.76. The van der Waals surface area contributed by atoms with E-state index >= 15 is 0 Å². The van der Waals surface area contributed by atoms with Crippen LogP contribution in [0.5, 0.6) is 11.6 Å². The summed E-state index contributed by atoms with van der Waals surface area (Å²) < 4.78 is 7.34. The highest BCUT2D eigenvalue weighted by Crippen LogP contribution is 2.23. The number of nitrogens with one attached hydrogen (secondary N) is 1. The minimum Gasteiger partial charge on any atom is -0.436 e. The van der Waals surface area contributed by atoms with Crippen molar-refractivity contribution in [2.24, 2.45) is 7.05 Å². The van der Waals surface area contributed by atoms with Crippen LogP contribution in [-0.4, -0.2) is 26.8 Å². The zero-order chi connectivity index (χ0) is 13.1. The van der Waals surface area contributed by atoms with Crippen LogP contribution >= 0.6 is 0 Å². The SMILES string of the molecule is CNc1cc(Oc2cnn(C)c2)nc(C(C)C)n1. The zero-order valence-corrected chi connectivity index (χ0v) is 11.0. The molecule has 0 radical (unpaired) electrons. The first-order chi connectivity index (χ1) is 8.58. The third kappa shape index (κ3) is 2.77. The van der Waals surface area contributed by atoms with E-state index in [2.05, 4.69) is 20.4 Å². The lowest BCUT2D eigenvalue weighted by molar-refractivity contribution is 0.457. The van der Waals surface area contributed by atoms with Crippen LogP contribution in [0.4, 0.5) is 5.82 Å². The van der Waals surface area contributed by atoms with E-state index in [1.165, 1.54) is 0 Å². The average Bonchev–Trinajstić information content (AvgIpc) is 2.74. The van der Waals surface area contributed by atoms with Gasteiger partial charge in [0.25, 0.3) is 0 Å². The molecule has 96 valence electrons. The summed E-state index contributed by atoms with van der Waals surface area (Å²) in [6.07, 6.45) is 3.44. The number of aryl methyl sites for hydroxylation is 1. The smallest absolute Gasteiger partial charge is 0.224 e. The number of rotatable bonds is 4. The number of hydrogen-bond donors (Lipinski definition) is 1. The quantitative estimate of drug-likeness (QED) is 0.897. The van der Waals surface area contributed by atoms with E-state index in [0.29, 0.717) is 11.6 Å². The largest absolute Gasteiger partial charge is 0.436 e. The summed E-state index contributed by atoms with van der Waals surface area (Å²) in [5.74, 6) is 2.92. The van der Waals surface area contributed by atoms with Gasteiger partial charge in [-0.2, -0.15) is 10.1 Å². The minimum atomic E-state index is 0.245. The Morgan fingerprint density at radius 2 is 2.11 bits per heavy atom. The first-order valence-electron chi connectivity index (χ1n) is 5.81. The van der Waals surface area contributed by atoms with E-state index in [4.69, 9.17) is 4.74 Å². The van der Waals surface area contributed by atoms with Crippen molar-refractivity contribution in [1.29, 1.82) is 0 Å². The number of ether oxygens (including phenoxy) is 1. The normalized spacial score (nSPS) is 10.7. The Kier molecular flexibility index (Phi) is 3.45. The van der Waals surface area contributed by atoms with Gasteiger partial charge in [-0.25, -0.2) is 4.98 Å². The third-order valence-corrected chi connectivity index (χ3v) is 2.40. The maximum absolute atomic E-state index is 5.66. The fourth-order valence-electron chi connectivity index (χ4n) is 1.45. The molecule has 6 heteroatoms. The second-order valence-corrected chi connectivity index (χ2v) is 4.31. The highest BCUT2D eigenvalue weighted by Gasteiger charge is 2.09. The third-order valence-electron chi connectivity index (χ3n) is 2.40. The van der Waals surface area contributed by atoms with Crippen molar-refractivity contribution in [3.05, 3.63) is 24.3 Å². The molecule has 2 aromatic heterocycles. The summed E-state index contributed by atoms with van der Waals surface area (Å²) in [5.41, 5.74) is 0. The number of aromatic nitrogens is 4. The van der Waals surface area contributed by atoms with Crippen LogP contribution in [0.3, 0.4) is 0 Å². The van der Waals surface area contributed by atoms with Crippen molar-refractivity contribution in [1.82, 2.24) is 19.7 Å². The van der Waals surface area contributed by atoms with E-state index in [-0.39, 0.29) is 5.92 Å². The van der Waals surface area contributed by atoms with Gasteiger partial charge in [-0.3, -0.25) is 4.68 Å². The van der Waals surface area contributed by atoms with Crippen molar-refractivity contribution < 1.29 is 4.74 Å². The molecule has 2 heterocycles. The van der Waals surface area contributed by atoms with Gasteiger partial charge in [0, 0.05) is 26.1 Å². The molecule has 0 aliphatic rings. The second kappa shape index (κ2) is 5.03. The standard InChI is InChI=1S/C12H17N5O/c1-8(2)12-15-10(13-3)5-11(16-12)18-9-6-14-17(4)7-9/h5-8H,1-4H3,(H,13,15,16). The van der Waals surface area contributed by atoms with Gasteiger partial charge in [-0.1, -0.05) is 13.8 Å². The van der Waals surface area contributed by atoms with Crippen molar-refractivity contribution in [2.75, 3.05) is 12.4 Å². The topological polar surface area (TPSA) is 64.9 Å². The minimum absolute atomic E-state index is 0.245. The molecule has 0 spiro atoms. The van der Waals surface area contributed by atoms with Gasteiger partial charge < -0.3 is 10.1 Å². The molecule has 0 unspecified atom stereocenters. The molecule has 0 bridgehead atoms. The molecular weight excluding hydrogens is 230 g/mol. The molecule has 0 aromatic carbocycles. The predicted molar refractivity (Wildman–Crippen MR) is 68.9 cm³/mol. The average molecular weight is 247 g/mol. The molecular formula is C12H17N5O. The molecule has 0 aliphatic heterocycles. The molecule has 2 aromatic rings. The van der Waals surface area contributed by atoms with Gasteiger partial charge in [0.2, 0.25) is 5.88 Å². The monoisotopic (exact) mass is 247 g/mol. The van der Waals surface area contributed by atoms with E-state index in [0.717, 1.165) is 11.6 Å². The Morgan fingerprint density at radius 3 is 2.67 bits per heavy atom. The fraction of sp³-hybridized carbons (Fsp3) is 0.417. The Bertz CT molecular complexity index is 535. The van der Waals surface area contributed by atoms with Gasteiger partial charge in [0.15, 0.2) is 5.75 Å². The molecule has 1 N–H and O–H groups in total. The zero-order valence-electron chi connectivity index (χ0n) is 11.0. The molecule has 0 atom stereocenters. The maximum atomic E-state index is 5.66. The number of hydrogen-bond acceptors (Lipinski definition) is 5. The molecule has 6 nitrogen and oxygen atoms in total. The number of nitrogens with zero attached hydrogens (tertiary/aromatic N) is 4. The van der Waals surface area contributed by atoms with Crippen molar-refractivity contribution >= 4 is 5.82 Å². The summed E-state index contributed by atoms with van der Waals surface area (Å²) in [6.45, 7) is 4.09. The lowest BCUT2D eigenvalue weighted by Gasteiger charge is -2.09. The molecule has 18 heavy (non-hydrogen) atoms. The molecule has 0 aliphatic carbocycles. The molecule has 0 saturated carbocycles. The van der Waals surface area contributed by atoms with Crippen molar-refractivity contribution in [2.45, 2.75) is 19.8 Å². The van der Waals surface area contributed by atoms with Crippen LogP contribution in [0.15, 0.2) is 18.5 Å². The van der Waals surface area contributed by atoms with E-state index in [1.807, 2.05) is 27.9 Å². The van der Waals surface area contributed by atoms with Crippen molar-refractivity contribution in [3.63, 3.8) is 0 Å². The fourth-order valence-corrected chi connectivity index (χ4v) is 1.45. The Labute approximate surface area is 106 Å². The van der Waals surface area contributed by atoms with Gasteiger partial charge in [0.1, 0.15) is 11.6 Å². The van der Waals surface area contributed by atoms with Crippen LogP contribution in [0.25, 0.3) is 0 Å². The van der Waals surface area contributed by atoms with Gasteiger partial charge in [-0.05, 0) is 0 Å². The highest BCUT2D eigenvalue weighted by atomic mass is 16.5. The van der Waals surface area contributed by atoms with Gasteiger partial charge in [-0.15, -0.1) is 0 Å². The predicted octanol–water partition coefficient (Wildman–Crippen LogP) is 2.17.